The molecule has 0 amide bonds. The molecule has 0 aliphatic carbocycles. The Hall–Kier alpha value is -2.72. The lowest BCUT2D eigenvalue weighted by molar-refractivity contribution is -0.163. The van der Waals surface area contributed by atoms with E-state index in [4.69, 9.17) is 18.9 Å². The number of rotatable bonds is 11. The maximum atomic E-state index is 13.4. The van der Waals surface area contributed by atoms with Crippen LogP contribution < -0.4 is 0 Å². The van der Waals surface area contributed by atoms with Gasteiger partial charge >= 0.3 is 23.9 Å². The number of ether oxygens (including phenoxy) is 4. The zero-order valence-electron chi connectivity index (χ0n) is 18.4. The van der Waals surface area contributed by atoms with Crippen molar-refractivity contribution in [1.82, 2.24) is 0 Å². The first kappa shape index (κ1) is 25.5. The zero-order valence-corrected chi connectivity index (χ0v) is 20.0. The standard InChI is InChI=1S/C22H26O8S2/c1-5-27-18(23)16(19(24)28-6-2)15-10-12-32-17(15)22(20(25)29-7-3,21(26)30-8-4)14-9-11-31-13-14/h9-13,16H,5-8H2,1-4H3. The van der Waals surface area contributed by atoms with Crippen molar-refractivity contribution in [2.75, 3.05) is 26.4 Å². The summed E-state index contributed by atoms with van der Waals surface area (Å²) in [5, 5.41) is 4.95. The van der Waals surface area contributed by atoms with Gasteiger partial charge in [0.1, 0.15) is 0 Å². The summed E-state index contributed by atoms with van der Waals surface area (Å²) in [7, 11) is 0. The van der Waals surface area contributed by atoms with Gasteiger partial charge in [0.25, 0.3) is 0 Å². The summed E-state index contributed by atoms with van der Waals surface area (Å²) in [6.45, 7) is 6.59. The minimum atomic E-state index is -2.01. The number of hydrogen-bond acceptors (Lipinski definition) is 10. The molecular weight excluding hydrogens is 456 g/mol. The van der Waals surface area contributed by atoms with Crippen LogP contribution in [0.2, 0.25) is 0 Å². The maximum Gasteiger partial charge on any atom is 0.333 e. The fourth-order valence-corrected chi connectivity index (χ4v) is 5.08. The lowest BCUT2D eigenvalue weighted by Crippen LogP contribution is -2.47. The Morgan fingerprint density at radius 1 is 0.812 bits per heavy atom. The Morgan fingerprint density at radius 3 is 1.78 bits per heavy atom. The Morgan fingerprint density at radius 2 is 1.34 bits per heavy atom. The summed E-state index contributed by atoms with van der Waals surface area (Å²) in [5.41, 5.74) is -1.54. The molecule has 0 aliphatic heterocycles. The van der Waals surface area contributed by atoms with E-state index < -0.39 is 35.2 Å². The largest absolute Gasteiger partial charge is 0.465 e. The molecule has 32 heavy (non-hydrogen) atoms. The highest BCUT2D eigenvalue weighted by Gasteiger charge is 2.56. The topological polar surface area (TPSA) is 105 Å². The molecule has 0 atom stereocenters. The summed E-state index contributed by atoms with van der Waals surface area (Å²) in [6, 6.07) is 3.13. The van der Waals surface area contributed by atoms with Crippen LogP contribution in [0.4, 0.5) is 0 Å². The van der Waals surface area contributed by atoms with Crippen molar-refractivity contribution >= 4 is 46.6 Å². The van der Waals surface area contributed by atoms with E-state index in [1.165, 1.54) is 17.4 Å². The lowest BCUT2D eigenvalue weighted by Gasteiger charge is -2.30. The normalized spacial score (nSPS) is 11.2. The van der Waals surface area contributed by atoms with E-state index in [1.54, 1.807) is 49.9 Å². The number of carbonyl (C=O) groups excluding carboxylic acids is 4. The Balaban J connectivity index is 2.83. The second kappa shape index (κ2) is 11.8. The summed E-state index contributed by atoms with van der Waals surface area (Å²) < 4.78 is 20.8. The predicted octanol–water partition coefficient (Wildman–Crippen LogP) is 3.43. The van der Waals surface area contributed by atoms with Crippen molar-refractivity contribution in [3.63, 3.8) is 0 Å². The third-order valence-corrected chi connectivity index (χ3v) is 6.24. The smallest absolute Gasteiger partial charge is 0.333 e. The number of esters is 4. The van der Waals surface area contributed by atoms with Gasteiger partial charge in [-0.05, 0) is 67.1 Å². The molecule has 0 saturated heterocycles. The highest BCUT2D eigenvalue weighted by Crippen LogP contribution is 2.44. The highest BCUT2D eigenvalue weighted by atomic mass is 32.1. The second-order valence-electron chi connectivity index (χ2n) is 6.35. The molecule has 0 bridgehead atoms. The highest BCUT2D eigenvalue weighted by molar-refractivity contribution is 7.11. The molecular formula is C22H26O8S2. The predicted molar refractivity (Wildman–Crippen MR) is 119 cm³/mol. The molecule has 0 N–H and O–H groups in total. The van der Waals surface area contributed by atoms with Gasteiger partial charge in [0.2, 0.25) is 5.41 Å². The fraction of sp³-hybridized carbons (Fsp3) is 0.455. The van der Waals surface area contributed by atoms with Crippen molar-refractivity contribution in [1.29, 1.82) is 0 Å². The molecule has 0 unspecified atom stereocenters. The molecule has 10 heteroatoms. The van der Waals surface area contributed by atoms with E-state index in [0.29, 0.717) is 5.56 Å². The van der Waals surface area contributed by atoms with Crippen LogP contribution in [-0.2, 0) is 43.5 Å². The average Bonchev–Trinajstić information content (AvgIpc) is 3.43. The van der Waals surface area contributed by atoms with Gasteiger partial charge in [-0.2, -0.15) is 11.3 Å². The van der Waals surface area contributed by atoms with Crippen LogP contribution >= 0.6 is 22.7 Å². The Kier molecular flexibility index (Phi) is 9.40. The molecule has 0 fully saturated rings. The van der Waals surface area contributed by atoms with Gasteiger partial charge in [0, 0.05) is 4.88 Å². The molecule has 174 valence electrons. The molecule has 0 aliphatic rings. The lowest BCUT2D eigenvalue weighted by atomic mass is 9.77. The first-order valence-electron chi connectivity index (χ1n) is 10.2. The van der Waals surface area contributed by atoms with E-state index in [2.05, 4.69) is 0 Å². The molecule has 0 aromatic carbocycles. The van der Waals surface area contributed by atoms with Gasteiger partial charge in [-0.15, -0.1) is 11.3 Å². The van der Waals surface area contributed by atoms with Crippen molar-refractivity contribution < 1.29 is 38.1 Å². The van der Waals surface area contributed by atoms with Gasteiger partial charge in [0.05, 0.1) is 26.4 Å². The van der Waals surface area contributed by atoms with Crippen LogP contribution in [0.3, 0.4) is 0 Å². The Bertz CT molecular complexity index is 896. The number of thiophene rings is 2. The molecule has 2 aromatic heterocycles. The number of carbonyl (C=O) groups is 4. The summed E-state index contributed by atoms with van der Waals surface area (Å²) >= 11 is 2.33. The minimum Gasteiger partial charge on any atom is -0.465 e. The molecule has 8 nitrogen and oxygen atoms in total. The second-order valence-corrected chi connectivity index (χ2v) is 8.04. The first-order chi connectivity index (χ1) is 15.4. The van der Waals surface area contributed by atoms with Crippen molar-refractivity contribution in [2.45, 2.75) is 39.0 Å². The van der Waals surface area contributed by atoms with E-state index >= 15 is 0 Å². The van der Waals surface area contributed by atoms with Crippen molar-refractivity contribution in [2.24, 2.45) is 0 Å². The third kappa shape index (κ3) is 4.86. The molecule has 0 radical (unpaired) electrons. The van der Waals surface area contributed by atoms with Crippen LogP contribution in [0.15, 0.2) is 28.3 Å². The van der Waals surface area contributed by atoms with Crippen LogP contribution in [0, 0.1) is 0 Å². The van der Waals surface area contributed by atoms with Gasteiger partial charge in [-0.1, -0.05) is 0 Å². The molecule has 0 spiro atoms. The average molecular weight is 483 g/mol. The maximum absolute atomic E-state index is 13.4. The van der Waals surface area contributed by atoms with Crippen LogP contribution in [0.1, 0.15) is 49.6 Å². The monoisotopic (exact) mass is 482 g/mol. The zero-order chi connectivity index (χ0) is 23.7. The molecule has 2 rings (SSSR count). The SMILES string of the molecule is CCOC(=O)C(C(=O)OCC)c1ccsc1C(C(=O)OCC)(C(=O)OCC)c1ccsc1. The molecule has 0 saturated carbocycles. The van der Waals surface area contributed by atoms with Gasteiger partial charge in [-0.25, -0.2) is 0 Å². The van der Waals surface area contributed by atoms with E-state index in [-0.39, 0.29) is 36.9 Å². The Labute approximate surface area is 194 Å². The first-order valence-corrected chi connectivity index (χ1v) is 12.0. The van der Waals surface area contributed by atoms with Crippen LogP contribution in [-0.4, -0.2) is 50.3 Å². The molecule has 2 heterocycles. The van der Waals surface area contributed by atoms with Gasteiger partial charge < -0.3 is 18.9 Å². The third-order valence-electron chi connectivity index (χ3n) is 4.51. The van der Waals surface area contributed by atoms with Crippen LogP contribution in [0.5, 0.6) is 0 Å². The van der Waals surface area contributed by atoms with E-state index in [9.17, 15) is 19.2 Å². The van der Waals surface area contributed by atoms with Crippen molar-refractivity contribution in [3.05, 3.63) is 44.3 Å². The minimum absolute atomic E-state index is 0.0179. The summed E-state index contributed by atoms with van der Waals surface area (Å²) in [6.07, 6.45) is 0. The molecule has 2 aromatic rings. The number of hydrogen-bond donors (Lipinski definition) is 0. The van der Waals surface area contributed by atoms with Crippen molar-refractivity contribution in [3.8, 4) is 0 Å². The van der Waals surface area contributed by atoms with E-state index in [1.807, 2.05) is 0 Å². The van der Waals surface area contributed by atoms with E-state index in [0.717, 1.165) is 11.3 Å². The van der Waals surface area contributed by atoms with Gasteiger partial charge in [0.15, 0.2) is 5.92 Å². The fourth-order valence-electron chi connectivity index (χ4n) is 3.24. The van der Waals surface area contributed by atoms with Crippen LogP contribution in [0.25, 0.3) is 0 Å². The summed E-state index contributed by atoms with van der Waals surface area (Å²) in [5.74, 6) is -4.85. The summed E-state index contributed by atoms with van der Waals surface area (Å²) in [4.78, 5) is 52.5. The van der Waals surface area contributed by atoms with Gasteiger partial charge in [-0.3, -0.25) is 19.2 Å². The quantitative estimate of drug-likeness (QED) is 0.273.